The van der Waals surface area contributed by atoms with Crippen LogP contribution < -0.4 is 0 Å². The van der Waals surface area contributed by atoms with Crippen molar-refractivity contribution in [1.82, 2.24) is 0 Å². The molecule has 1 rings (SSSR count). The zero-order valence-corrected chi connectivity index (χ0v) is 9.24. The van der Waals surface area contributed by atoms with Crippen molar-refractivity contribution in [2.24, 2.45) is 0 Å². The molecule has 0 N–H and O–H groups in total. The Bertz CT molecular complexity index is 300. The van der Waals surface area contributed by atoms with Crippen molar-refractivity contribution in [2.45, 2.75) is 32.0 Å². The van der Waals surface area contributed by atoms with Crippen LogP contribution in [0.3, 0.4) is 0 Å². The first-order valence-corrected chi connectivity index (χ1v) is 7.80. The number of allylic oxidation sites excluding steroid dienone is 4. The molecule has 0 amide bonds. The van der Waals surface area contributed by atoms with Crippen molar-refractivity contribution in [3.05, 3.63) is 22.9 Å². The van der Waals surface area contributed by atoms with Gasteiger partial charge in [-0.25, -0.2) is 17.6 Å². The minimum atomic E-state index is -2.36. The van der Waals surface area contributed by atoms with Crippen molar-refractivity contribution < 1.29 is 17.6 Å². The van der Waals surface area contributed by atoms with E-state index in [9.17, 15) is 17.6 Å². The van der Waals surface area contributed by atoms with Gasteiger partial charge in [0.05, 0.1) is 8.07 Å². The van der Waals surface area contributed by atoms with E-state index in [4.69, 9.17) is 0 Å². The highest BCUT2D eigenvalue weighted by Gasteiger charge is 2.39. The molecule has 0 saturated carbocycles. The van der Waals surface area contributed by atoms with E-state index in [2.05, 4.69) is 0 Å². The second kappa shape index (κ2) is 3.53. The van der Waals surface area contributed by atoms with Crippen LogP contribution in [0.1, 0.15) is 0 Å². The molecule has 1 aliphatic carbocycles. The lowest BCUT2D eigenvalue weighted by atomic mass is 10.1. The Kier molecular flexibility index (Phi) is 2.90. The fourth-order valence-corrected chi connectivity index (χ4v) is 3.20. The summed E-state index contributed by atoms with van der Waals surface area (Å²) >= 11 is 0. The predicted molar refractivity (Wildman–Crippen MR) is 50.5 cm³/mol. The summed E-state index contributed by atoms with van der Waals surface area (Å²) in [6.07, 6.45) is -3.86. The van der Waals surface area contributed by atoms with Crippen molar-refractivity contribution in [2.75, 3.05) is 0 Å². The maximum atomic E-state index is 13.3. The molecule has 80 valence electrons. The van der Waals surface area contributed by atoms with Crippen LogP contribution in [0.4, 0.5) is 17.6 Å². The number of hydrogen-bond acceptors (Lipinski definition) is 0. The second-order valence-corrected chi connectivity index (χ2v) is 9.37. The van der Waals surface area contributed by atoms with Crippen molar-refractivity contribution >= 4 is 8.07 Å². The Morgan fingerprint density at radius 3 is 2.07 bits per heavy atom. The highest BCUT2D eigenvalue weighted by Crippen LogP contribution is 2.36. The van der Waals surface area contributed by atoms with Crippen LogP contribution in [-0.2, 0) is 0 Å². The Morgan fingerprint density at radius 2 is 1.64 bits per heavy atom. The number of hydrogen-bond donors (Lipinski definition) is 0. The van der Waals surface area contributed by atoms with E-state index >= 15 is 0 Å². The lowest BCUT2D eigenvalue weighted by Crippen LogP contribution is -2.35. The van der Waals surface area contributed by atoms with Crippen LogP contribution in [0.15, 0.2) is 22.9 Å². The van der Waals surface area contributed by atoms with E-state index in [0.717, 1.165) is 0 Å². The smallest absolute Gasteiger partial charge is 0.172 e. The summed E-state index contributed by atoms with van der Waals surface area (Å²) in [7, 11) is -2.36. The van der Waals surface area contributed by atoms with Gasteiger partial charge in [-0.2, -0.15) is 0 Å². The minimum Gasteiger partial charge on any atom is -0.235 e. The fraction of sp³-hybridized carbons (Fsp3) is 0.556. The van der Waals surface area contributed by atoms with E-state index in [1.165, 1.54) is 0 Å². The molecule has 0 aromatic rings. The number of alkyl halides is 2. The molecule has 0 fully saturated rings. The quantitative estimate of drug-likeness (QED) is 0.471. The van der Waals surface area contributed by atoms with Crippen molar-refractivity contribution in [3.8, 4) is 0 Å². The van der Waals surface area contributed by atoms with Gasteiger partial charge in [-0.1, -0.05) is 19.6 Å². The van der Waals surface area contributed by atoms with E-state index in [1.807, 2.05) is 0 Å². The summed E-state index contributed by atoms with van der Waals surface area (Å²) in [5.74, 6) is -2.35. The van der Waals surface area contributed by atoms with Gasteiger partial charge >= 0.3 is 0 Å². The summed E-state index contributed by atoms with van der Waals surface area (Å²) < 4.78 is 52.3. The number of halogens is 4. The standard InChI is InChI=1S/C9H12F4Si/c1-14(2,3)9-7(12)5(10)4-6(11)8(9)13/h4-5,8H,1-3H3. The van der Waals surface area contributed by atoms with Gasteiger partial charge in [0.2, 0.25) is 0 Å². The Hall–Kier alpha value is -0.583. The molecule has 0 radical (unpaired) electrons. The third kappa shape index (κ3) is 1.92. The third-order valence-corrected chi connectivity index (χ3v) is 4.22. The molecule has 1 aliphatic rings. The van der Waals surface area contributed by atoms with Crippen LogP contribution >= 0.6 is 0 Å². The zero-order valence-electron chi connectivity index (χ0n) is 8.24. The molecule has 0 aliphatic heterocycles. The van der Waals surface area contributed by atoms with Gasteiger partial charge in [0.25, 0.3) is 0 Å². The fourth-order valence-electron chi connectivity index (χ4n) is 1.44. The van der Waals surface area contributed by atoms with Gasteiger partial charge in [0.1, 0.15) is 11.7 Å². The molecule has 0 nitrogen and oxygen atoms in total. The van der Waals surface area contributed by atoms with Crippen molar-refractivity contribution in [1.29, 1.82) is 0 Å². The molecule has 5 heteroatoms. The molecule has 14 heavy (non-hydrogen) atoms. The maximum Gasteiger partial charge on any atom is 0.172 e. The summed E-state index contributed by atoms with van der Waals surface area (Å²) in [5, 5.41) is -0.301. The molecule has 0 heterocycles. The largest absolute Gasteiger partial charge is 0.235 e. The highest BCUT2D eigenvalue weighted by molar-refractivity contribution is 6.83. The lowest BCUT2D eigenvalue weighted by molar-refractivity contribution is 0.310. The lowest BCUT2D eigenvalue weighted by Gasteiger charge is -2.27. The molecule has 2 unspecified atom stereocenters. The topological polar surface area (TPSA) is 0 Å². The van der Waals surface area contributed by atoms with Gasteiger partial charge in [-0.05, 0) is 11.3 Å². The van der Waals surface area contributed by atoms with Gasteiger partial charge in [0.15, 0.2) is 12.3 Å². The van der Waals surface area contributed by atoms with Crippen LogP contribution in [0.2, 0.25) is 19.6 Å². The van der Waals surface area contributed by atoms with Gasteiger partial charge in [-0.15, -0.1) is 0 Å². The van der Waals surface area contributed by atoms with Crippen LogP contribution in [0, 0.1) is 0 Å². The molecular formula is C9H12F4Si. The maximum absolute atomic E-state index is 13.3. The number of rotatable bonds is 1. The molecule has 0 saturated heterocycles. The van der Waals surface area contributed by atoms with Gasteiger partial charge in [-0.3, -0.25) is 0 Å². The second-order valence-electron chi connectivity index (χ2n) is 4.33. The van der Waals surface area contributed by atoms with E-state index in [0.29, 0.717) is 6.08 Å². The zero-order chi connectivity index (χ0) is 11.1. The summed E-state index contributed by atoms with van der Waals surface area (Å²) in [4.78, 5) is 0. The average Bonchev–Trinajstić information content (AvgIpc) is 1.98. The first-order valence-electron chi connectivity index (χ1n) is 4.30. The average molecular weight is 224 g/mol. The van der Waals surface area contributed by atoms with Crippen molar-refractivity contribution in [3.63, 3.8) is 0 Å². The first-order chi connectivity index (χ1) is 6.25. The summed E-state index contributed by atoms with van der Waals surface area (Å²) in [5.41, 5.74) is 0. The predicted octanol–water partition coefficient (Wildman–Crippen LogP) is 3.63. The van der Waals surface area contributed by atoms with Crippen LogP contribution in [-0.4, -0.2) is 20.4 Å². The highest BCUT2D eigenvalue weighted by atomic mass is 28.3. The van der Waals surface area contributed by atoms with E-state index < -0.39 is 32.1 Å². The molecule has 0 aromatic heterocycles. The first kappa shape index (κ1) is 11.5. The Morgan fingerprint density at radius 1 is 1.14 bits per heavy atom. The van der Waals surface area contributed by atoms with E-state index in [1.54, 1.807) is 19.6 Å². The Labute approximate surface area is 81.3 Å². The molecule has 2 atom stereocenters. The summed E-state index contributed by atoms with van der Waals surface area (Å²) in [6, 6.07) is 0. The van der Waals surface area contributed by atoms with Gasteiger partial charge in [0, 0.05) is 0 Å². The minimum absolute atomic E-state index is 0.301. The normalized spacial score (nSPS) is 29.2. The molecule has 0 aromatic carbocycles. The molecule has 0 spiro atoms. The van der Waals surface area contributed by atoms with E-state index in [-0.39, 0.29) is 5.20 Å². The monoisotopic (exact) mass is 224 g/mol. The van der Waals surface area contributed by atoms with Crippen LogP contribution in [0.5, 0.6) is 0 Å². The molecule has 0 bridgehead atoms. The third-order valence-electron chi connectivity index (χ3n) is 2.11. The SMILES string of the molecule is C[Si](C)(C)C1=C(F)C(F)C=C(F)C1F. The molecular weight excluding hydrogens is 212 g/mol. The van der Waals surface area contributed by atoms with Gasteiger partial charge < -0.3 is 0 Å². The summed E-state index contributed by atoms with van der Waals surface area (Å²) in [6.45, 7) is 4.96. The Balaban J connectivity index is 3.19. The van der Waals surface area contributed by atoms with Crippen LogP contribution in [0.25, 0.3) is 0 Å².